The molecule has 0 saturated carbocycles. The summed E-state index contributed by atoms with van der Waals surface area (Å²) in [5, 5.41) is 26.9. The number of amides is 3. The maximum Gasteiger partial charge on any atom is 0.322 e. The van der Waals surface area contributed by atoms with Crippen LogP contribution in [0.1, 0.15) is 26.3 Å². The van der Waals surface area contributed by atoms with Crippen LogP contribution in [0.15, 0.2) is 30.5 Å². The van der Waals surface area contributed by atoms with Crippen LogP contribution in [0.25, 0.3) is 10.9 Å². The number of para-hydroxylation sites is 1. The van der Waals surface area contributed by atoms with Gasteiger partial charge in [-0.15, -0.1) is 0 Å². The van der Waals surface area contributed by atoms with E-state index in [1.165, 1.54) is 6.92 Å². The number of hydrogen-bond acceptors (Lipinski definition) is 6. The van der Waals surface area contributed by atoms with Gasteiger partial charge in [-0.05, 0) is 30.9 Å². The minimum absolute atomic E-state index is 0.205. The molecule has 8 N–H and O–H groups in total. The van der Waals surface area contributed by atoms with E-state index in [9.17, 15) is 24.3 Å². The number of carboxylic acid groups (broad SMARTS) is 1. The summed E-state index contributed by atoms with van der Waals surface area (Å²) in [5.74, 6) is -3.72. The fourth-order valence-corrected chi connectivity index (χ4v) is 3.35. The highest BCUT2D eigenvalue weighted by Crippen LogP contribution is 2.18. The molecule has 0 bridgehead atoms. The van der Waals surface area contributed by atoms with E-state index in [-0.39, 0.29) is 12.3 Å². The minimum atomic E-state index is -1.36. The SMILES string of the molecule is CC(C)C(NC(=O)C(NC(=O)C(N)Cc1c[nH]c2ccccc12)C(C)O)C(=O)NCC(=O)O. The molecule has 0 aliphatic rings. The van der Waals surface area contributed by atoms with Gasteiger partial charge in [0.1, 0.15) is 18.6 Å². The van der Waals surface area contributed by atoms with Crippen molar-refractivity contribution in [3.8, 4) is 0 Å². The summed E-state index contributed by atoms with van der Waals surface area (Å²) >= 11 is 0. The number of hydrogen-bond donors (Lipinski definition) is 7. The Morgan fingerprint density at radius 1 is 1.00 bits per heavy atom. The first-order chi connectivity index (χ1) is 15.5. The lowest BCUT2D eigenvalue weighted by Gasteiger charge is -2.27. The van der Waals surface area contributed by atoms with Crippen LogP contribution in [-0.4, -0.2) is 69.7 Å². The molecule has 33 heavy (non-hydrogen) atoms. The maximum atomic E-state index is 12.8. The van der Waals surface area contributed by atoms with E-state index in [4.69, 9.17) is 10.8 Å². The van der Waals surface area contributed by atoms with E-state index >= 15 is 0 Å². The van der Waals surface area contributed by atoms with Crippen LogP contribution in [0.3, 0.4) is 0 Å². The average Bonchev–Trinajstić information content (AvgIpc) is 3.16. The third kappa shape index (κ3) is 7.02. The van der Waals surface area contributed by atoms with Crippen molar-refractivity contribution in [3.05, 3.63) is 36.0 Å². The number of benzene rings is 1. The highest BCUT2D eigenvalue weighted by Gasteiger charge is 2.32. The third-order valence-electron chi connectivity index (χ3n) is 5.17. The number of rotatable bonds is 11. The summed E-state index contributed by atoms with van der Waals surface area (Å²) in [7, 11) is 0. The molecule has 2 rings (SSSR count). The quantitative estimate of drug-likeness (QED) is 0.229. The molecule has 4 unspecified atom stereocenters. The number of nitrogens with one attached hydrogen (secondary N) is 4. The maximum absolute atomic E-state index is 12.8. The normalized spacial score (nSPS) is 14.8. The smallest absolute Gasteiger partial charge is 0.322 e. The van der Waals surface area contributed by atoms with Crippen LogP contribution in [0, 0.1) is 5.92 Å². The molecule has 180 valence electrons. The Balaban J connectivity index is 2.05. The zero-order chi connectivity index (χ0) is 24.7. The van der Waals surface area contributed by atoms with Crippen LogP contribution in [-0.2, 0) is 25.6 Å². The molecule has 4 atom stereocenters. The second-order valence-electron chi connectivity index (χ2n) is 8.24. The van der Waals surface area contributed by atoms with Gasteiger partial charge in [0, 0.05) is 17.1 Å². The van der Waals surface area contributed by atoms with Crippen molar-refractivity contribution in [2.24, 2.45) is 11.7 Å². The topological polar surface area (TPSA) is 187 Å². The van der Waals surface area contributed by atoms with Gasteiger partial charge in [0.25, 0.3) is 0 Å². The van der Waals surface area contributed by atoms with Crippen molar-refractivity contribution < 1.29 is 29.4 Å². The predicted octanol–water partition coefficient (Wildman–Crippen LogP) is -0.755. The average molecular weight is 462 g/mol. The van der Waals surface area contributed by atoms with E-state index in [1.54, 1.807) is 20.0 Å². The monoisotopic (exact) mass is 461 g/mol. The zero-order valence-electron chi connectivity index (χ0n) is 18.8. The highest BCUT2D eigenvalue weighted by molar-refractivity contribution is 5.94. The number of carboxylic acids is 1. The Kier molecular flexibility index (Phi) is 8.94. The first-order valence-electron chi connectivity index (χ1n) is 10.6. The standard InChI is InChI=1S/C22H31N5O6/c1-11(2)18(21(32)25-10-17(29)30)26-22(33)19(12(3)28)27-20(31)15(23)8-13-9-24-16-7-5-4-6-14(13)16/h4-7,9,11-12,15,18-19,24,28H,8,10,23H2,1-3H3,(H,25,32)(H,26,33)(H,27,31)(H,29,30). The number of fused-ring (bicyclic) bond motifs is 1. The lowest BCUT2D eigenvalue weighted by atomic mass is 10.0. The molecule has 0 radical (unpaired) electrons. The zero-order valence-corrected chi connectivity index (χ0v) is 18.8. The number of aliphatic hydroxyl groups is 1. The van der Waals surface area contributed by atoms with E-state index in [1.807, 2.05) is 24.3 Å². The molecule has 11 heteroatoms. The van der Waals surface area contributed by atoms with E-state index < -0.39 is 54.5 Å². The lowest BCUT2D eigenvalue weighted by molar-refractivity contribution is -0.139. The van der Waals surface area contributed by atoms with Gasteiger partial charge in [-0.1, -0.05) is 32.0 Å². The predicted molar refractivity (Wildman–Crippen MR) is 121 cm³/mol. The van der Waals surface area contributed by atoms with E-state index in [2.05, 4.69) is 20.9 Å². The number of aliphatic carboxylic acids is 1. The van der Waals surface area contributed by atoms with Crippen LogP contribution in [0.4, 0.5) is 0 Å². The van der Waals surface area contributed by atoms with Crippen LogP contribution in [0.2, 0.25) is 0 Å². The molecule has 0 spiro atoms. The van der Waals surface area contributed by atoms with Gasteiger partial charge in [-0.2, -0.15) is 0 Å². The molecular weight excluding hydrogens is 430 g/mol. The number of aromatic nitrogens is 1. The summed E-state index contributed by atoms with van der Waals surface area (Å²) < 4.78 is 0. The first kappa shape index (κ1) is 25.8. The summed E-state index contributed by atoms with van der Waals surface area (Å²) in [6.07, 6.45) is 0.694. The summed E-state index contributed by atoms with van der Waals surface area (Å²) in [6.45, 7) is 4.05. The molecule has 0 aliphatic carbocycles. The van der Waals surface area contributed by atoms with Gasteiger partial charge in [0.15, 0.2) is 0 Å². The second kappa shape index (κ2) is 11.4. The lowest BCUT2D eigenvalue weighted by Crippen LogP contribution is -2.60. The summed E-state index contributed by atoms with van der Waals surface area (Å²) in [5.41, 5.74) is 7.79. The van der Waals surface area contributed by atoms with Crippen molar-refractivity contribution in [1.82, 2.24) is 20.9 Å². The molecule has 1 aromatic heterocycles. The Hall–Kier alpha value is -3.44. The Bertz CT molecular complexity index is 1000. The van der Waals surface area contributed by atoms with Crippen molar-refractivity contribution in [1.29, 1.82) is 0 Å². The fourth-order valence-electron chi connectivity index (χ4n) is 3.35. The van der Waals surface area contributed by atoms with Crippen molar-refractivity contribution in [2.75, 3.05) is 6.54 Å². The molecule has 0 fully saturated rings. The van der Waals surface area contributed by atoms with Crippen LogP contribution in [0.5, 0.6) is 0 Å². The molecule has 0 aliphatic heterocycles. The van der Waals surface area contributed by atoms with E-state index in [0.717, 1.165) is 16.5 Å². The number of carbonyl (C=O) groups is 4. The number of H-pyrrole nitrogens is 1. The van der Waals surface area contributed by atoms with Gasteiger partial charge < -0.3 is 36.9 Å². The number of aliphatic hydroxyl groups excluding tert-OH is 1. The van der Waals surface area contributed by atoms with E-state index in [0.29, 0.717) is 0 Å². The number of aromatic amines is 1. The van der Waals surface area contributed by atoms with Crippen LogP contribution >= 0.6 is 0 Å². The van der Waals surface area contributed by atoms with Gasteiger partial charge in [-0.3, -0.25) is 19.2 Å². The third-order valence-corrected chi connectivity index (χ3v) is 5.17. The van der Waals surface area contributed by atoms with Crippen LogP contribution < -0.4 is 21.7 Å². The van der Waals surface area contributed by atoms with Gasteiger partial charge in [0.05, 0.1) is 12.1 Å². The Morgan fingerprint density at radius 2 is 1.64 bits per heavy atom. The second-order valence-corrected chi connectivity index (χ2v) is 8.24. The Labute approximate surface area is 191 Å². The Morgan fingerprint density at radius 3 is 2.24 bits per heavy atom. The van der Waals surface area contributed by atoms with Gasteiger partial charge in [-0.25, -0.2) is 0 Å². The van der Waals surface area contributed by atoms with Gasteiger partial charge in [0.2, 0.25) is 17.7 Å². The molecule has 1 aromatic carbocycles. The summed E-state index contributed by atoms with van der Waals surface area (Å²) in [6, 6.07) is 4.15. The molecule has 0 saturated heterocycles. The largest absolute Gasteiger partial charge is 0.480 e. The molecule has 1 heterocycles. The number of nitrogens with two attached hydrogens (primary N) is 1. The number of carbonyl (C=O) groups excluding carboxylic acids is 3. The molecular formula is C22H31N5O6. The van der Waals surface area contributed by atoms with Gasteiger partial charge >= 0.3 is 5.97 Å². The van der Waals surface area contributed by atoms with Crippen molar-refractivity contribution in [3.63, 3.8) is 0 Å². The molecule has 2 aromatic rings. The molecule has 11 nitrogen and oxygen atoms in total. The fraction of sp³-hybridized carbons (Fsp3) is 0.455. The van der Waals surface area contributed by atoms with Crippen molar-refractivity contribution >= 4 is 34.6 Å². The minimum Gasteiger partial charge on any atom is -0.480 e. The highest BCUT2D eigenvalue weighted by atomic mass is 16.4. The van der Waals surface area contributed by atoms with Crippen molar-refractivity contribution in [2.45, 2.75) is 51.4 Å². The summed E-state index contributed by atoms with van der Waals surface area (Å²) in [4.78, 5) is 51.5. The first-order valence-corrected chi connectivity index (χ1v) is 10.6. The molecule has 3 amide bonds.